The van der Waals surface area contributed by atoms with Gasteiger partial charge < -0.3 is 14.8 Å². The van der Waals surface area contributed by atoms with Gasteiger partial charge in [0.1, 0.15) is 12.7 Å². The maximum Gasteiger partial charge on any atom is 0.161 e. The van der Waals surface area contributed by atoms with Crippen molar-refractivity contribution in [3.63, 3.8) is 0 Å². The Morgan fingerprint density at radius 3 is 2.88 bits per heavy atom. The van der Waals surface area contributed by atoms with E-state index in [0.29, 0.717) is 12.5 Å². The van der Waals surface area contributed by atoms with Gasteiger partial charge in [0.05, 0.1) is 0 Å². The van der Waals surface area contributed by atoms with Gasteiger partial charge in [0.2, 0.25) is 0 Å². The van der Waals surface area contributed by atoms with E-state index in [-0.39, 0.29) is 6.10 Å². The fourth-order valence-electron chi connectivity index (χ4n) is 1.80. The highest BCUT2D eigenvalue weighted by Gasteiger charge is 2.19. The molecule has 2 unspecified atom stereocenters. The summed E-state index contributed by atoms with van der Waals surface area (Å²) >= 11 is 0. The van der Waals surface area contributed by atoms with Crippen LogP contribution in [0.15, 0.2) is 24.3 Å². The van der Waals surface area contributed by atoms with E-state index < -0.39 is 0 Å². The van der Waals surface area contributed by atoms with Crippen molar-refractivity contribution in [2.45, 2.75) is 26.4 Å². The van der Waals surface area contributed by atoms with Crippen LogP contribution >= 0.6 is 0 Å². The molecule has 1 aliphatic rings. The minimum Gasteiger partial charge on any atom is -0.486 e. The lowest BCUT2D eigenvalue weighted by Crippen LogP contribution is -2.39. The molecule has 1 N–H and O–H groups in total. The third-order valence-corrected chi connectivity index (χ3v) is 3.13. The maximum atomic E-state index is 5.86. The van der Waals surface area contributed by atoms with Gasteiger partial charge in [0.15, 0.2) is 11.5 Å². The highest BCUT2D eigenvalue weighted by atomic mass is 16.6. The number of para-hydroxylation sites is 2. The molecule has 0 aromatic heterocycles. The van der Waals surface area contributed by atoms with Gasteiger partial charge in [-0.1, -0.05) is 32.4 Å². The Balaban J connectivity index is 1.78. The summed E-state index contributed by atoms with van der Waals surface area (Å²) < 4.78 is 11.5. The van der Waals surface area contributed by atoms with Gasteiger partial charge in [-0.25, -0.2) is 0 Å². The third kappa shape index (κ3) is 3.37. The number of nitrogens with one attached hydrogen (secondary N) is 1. The minimum atomic E-state index is 0.119. The summed E-state index contributed by atoms with van der Waals surface area (Å²) in [7, 11) is 0. The first kappa shape index (κ1) is 12.2. The Morgan fingerprint density at radius 1 is 1.35 bits per heavy atom. The Morgan fingerprint density at radius 2 is 2.12 bits per heavy atom. The lowest BCUT2D eigenvalue weighted by atomic mass is 10.1. The molecule has 0 fully saturated rings. The van der Waals surface area contributed by atoms with E-state index in [9.17, 15) is 0 Å². The molecule has 1 aromatic carbocycles. The normalized spacial score (nSPS) is 20.0. The van der Waals surface area contributed by atoms with Gasteiger partial charge in [-0.15, -0.1) is 0 Å². The van der Waals surface area contributed by atoms with Gasteiger partial charge in [-0.2, -0.15) is 0 Å². The van der Waals surface area contributed by atoms with Crippen LogP contribution in [0.5, 0.6) is 11.5 Å². The van der Waals surface area contributed by atoms with Crippen LogP contribution in [0.4, 0.5) is 0 Å². The molecule has 0 aliphatic carbocycles. The Bertz CT molecular complexity index is 354. The maximum absolute atomic E-state index is 5.86. The van der Waals surface area contributed by atoms with Gasteiger partial charge in [-0.3, -0.25) is 0 Å². The zero-order valence-electron chi connectivity index (χ0n) is 10.6. The van der Waals surface area contributed by atoms with Crippen molar-refractivity contribution in [2.75, 3.05) is 19.7 Å². The summed E-state index contributed by atoms with van der Waals surface area (Å²) in [6, 6.07) is 7.83. The molecule has 0 bridgehead atoms. The van der Waals surface area contributed by atoms with E-state index in [2.05, 4.69) is 19.2 Å². The molecule has 17 heavy (non-hydrogen) atoms. The molecule has 1 heterocycles. The van der Waals surface area contributed by atoms with Crippen LogP contribution in [0.3, 0.4) is 0 Å². The Hall–Kier alpha value is -1.22. The molecule has 3 nitrogen and oxygen atoms in total. The first-order valence-corrected chi connectivity index (χ1v) is 6.38. The van der Waals surface area contributed by atoms with E-state index in [1.807, 2.05) is 24.3 Å². The minimum absolute atomic E-state index is 0.119. The summed E-state index contributed by atoms with van der Waals surface area (Å²) in [6.45, 7) is 6.98. The zero-order valence-corrected chi connectivity index (χ0v) is 10.6. The molecular weight excluding hydrogens is 214 g/mol. The van der Waals surface area contributed by atoms with Crippen LogP contribution < -0.4 is 14.8 Å². The fraction of sp³-hybridized carbons (Fsp3) is 0.571. The van der Waals surface area contributed by atoms with E-state index in [1.165, 1.54) is 6.42 Å². The van der Waals surface area contributed by atoms with Crippen LogP contribution in [0.25, 0.3) is 0 Å². The highest BCUT2D eigenvalue weighted by Crippen LogP contribution is 2.30. The average Bonchev–Trinajstić information content (AvgIpc) is 2.38. The number of benzene rings is 1. The summed E-state index contributed by atoms with van der Waals surface area (Å²) in [4.78, 5) is 0. The second-order valence-electron chi connectivity index (χ2n) is 4.67. The molecule has 2 rings (SSSR count). The first-order chi connectivity index (χ1) is 8.29. The quantitative estimate of drug-likeness (QED) is 0.850. The largest absolute Gasteiger partial charge is 0.486 e. The fourth-order valence-corrected chi connectivity index (χ4v) is 1.80. The van der Waals surface area contributed by atoms with Crippen molar-refractivity contribution >= 4 is 0 Å². The zero-order chi connectivity index (χ0) is 12.1. The lowest BCUT2D eigenvalue weighted by molar-refractivity contribution is 0.0898. The predicted octanol–water partition coefficient (Wildman–Crippen LogP) is 2.46. The summed E-state index contributed by atoms with van der Waals surface area (Å²) in [6.07, 6.45) is 1.33. The number of fused-ring (bicyclic) bond motifs is 1. The number of ether oxygens (including phenoxy) is 2. The van der Waals surface area contributed by atoms with E-state index in [1.54, 1.807) is 0 Å². The number of hydrogen-bond donors (Lipinski definition) is 1. The molecule has 0 amide bonds. The molecule has 0 saturated carbocycles. The van der Waals surface area contributed by atoms with E-state index in [4.69, 9.17) is 9.47 Å². The number of rotatable bonds is 5. The summed E-state index contributed by atoms with van der Waals surface area (Å²) in [5.74, 6) is 2.42. The molecule has 0 spiro atoms. The van der Waals surface area contributed by atoms with Crippen molar-refractivity contribution < 1.29 is 9.47 Å². The highest BCUT2D eigenvalue weighted by molar-refractivity contribution is 5.40. The Kier molecular flexibility index (Phi) is 4.26. The van der Waals surface area contributed by atoms with Crippen LogP contribution in [0, 0.1) is 5.92 Å². The van der Waals surface area contributed by atoms with Crippen LogP contribution in [0.1, 0.15) is 20.3 Å². The van der Waals surface area contributed by atoms with Gasteiger partial charge in [-0.05, 0) is 24.6 Å². The Labute approximate surface area is 103 Å². The standard InChI is InChI=1S/C14H21NO2/c1-3-11(2)8-15-9-12-10-16-13-6-4-5-7-14(13)17-12/h4-7,11-12,15H,3,8-10H2,1-2H3. The summed E-state index contributed by atoms with van der Waals surface area (Å²) in [5, 5.41) is 3.43. The van der Waals surface area contributed by atoms with Crippen LogP contribution in [-0.2, 0) is 0 Å². The molecule has 3 heteroatoms. The van der Waals surface area contributed by atoms with Gasteiger partial charge in [0, 0.05) is 6.54 Å². The van der Waals surface area contributed by atoms with Crippen molar-refractivity contribution in [1.82, 2.24) is 5.32 Å². The number of hydrogen-bond acceptors (Lipinski definition) is 3. The second-order valence-corrected chi connectivity index (χ2v) is 4.67. The molecule has 0 radical (unpaired) electrons. The molecule has 0 saturated heterocycles. The molecule has 1 aliphatic heterocycles. The topological polar surface area (TPSA) is 30.5 Å². The molecular formula is C14H21NO2. The monoisotopic (exact) mass is 235 g/mol. The SMILES string of the molecule is CCC(C)CNCC1COc2ccccc2O1. The second kappa shape index (κ2) is 5.92. The smallest absolute Gasteiger partial charge is 0.161 e. The predicted molar refractivity (Wildman–Crippen MR) is 68.7 cm³/mol. The van der Waals surface area contributed by atoms with E-state index >= 15 is 0 Å². The average molecular weight is 235 g/mol. The van der Waals surface area contributed by atoms with Crippen LogP contribution in [-0.4, -0.2) is 25.8 Å². The van der Waals surface area contributed by atoms with Crippen molar-refractivity contribution in [1.29, 1.82) is 0 Å². The lowest BCUT2D eigenvalue weighted by Gasteiger charge is -2.27. The first-order valence-electron chi connectivity index (χ1n) is 6.38. The molecule has 1 aromatic rings. The van der Waals surface area contributed by atoms with Crippen molar-refractivity contribution in [2.24, 2.45) is 5.92 Å². The van der Waals surface area contributed by atoms with Gasteiger partial charge in [0.25, 0.3) is 0 Å². The van der Waals surface area contributed by atoms with Crippen molar-refractivity contribution in [3.05, 3.63) is 24.3 Å². The van der Waals surface area contributed by atoms with E-state index in [0.717, 1.165) is 24.6 Å². The molecule has 94 valence electrons. The van der Waals surface area contributed by atoms with Crippen molar-refractivity contribution in [3.8, 4) is 11.5 Å². The summed E-state index contributed by atoms with van der Waals surface area (Å²) in [5.41, 5.74) is 0. The van der Waals surface area contributed by atoms with Crippen LogP contribution in [0.2, 0.25) is 0 Å². The molecule has 2 atom stereocenters. The third-order valence-electron chi connectivity index (χ3n) is 3.13. The van der Waals surface area contributed by atoms with Gasteiger partial charge >= 0.3 is 0 Å².